The van der Waals surface area contributed by atoms with Gasteiger partial charge in [0.1, 0.15) is 0 Å². The van der Waals surface area contributed by atoms with Crippen molar-refractivity contribution in [3.63, 3.8) is 0 Å². The molecular formula is C18H21N3O. The lowest BCUT2D eigenvalue weighted by molar-refractivity contribution is 0.105. The summed E-state index contributed by atoms with van der Waals surface area (Å²) in [6.45, 7) is 3.54. The summed E-state index contributed by atoms with van der Waals surface area (Å²) in [6, 6.07) is 15.7. The van der Waals surface area contributed by atoms with Gasteiger partial charge in [-0.05, 0) is 36.2 Å². The summed E-state index contributed by atoms with van der Waals surface area (Å²) < 4.78 is 0. The van der Waals surface area contributed by atoms with Crippen LogP contribution in [0.2, 0.25) is 0 Å². The van der Waals surface area contributed by atoms with Crippen LogP contribution in [0.4, 0.5) is 0 Å². The summed E-state index contributed by atoms with van der Waals surface area (Å²) in [4.78, 5) is 6.58. The van der Waals surface area contributed by atoms with Gasteiger partial charge in [-0.1, -0.05) is 25.1 Å². The van der Waals surface area contributed by atoms with Gasteiger partial charge in [0.05, 0.1) is 23.9 Å². The minimum absolute atomic E-state index is 0.0766. The molecule has 1 atom stereocenters. The zero-order chi connectivity index (χ0) is 15.8. The number of aliphatic hydroxyl groups is 1. The number of pyridine rings is 1. The third-order valence-electron chi connectivity index (χ3n) is 3.73. The third kappa shape index (κ3) is 4.39. The minimum Gasteiger partial charge on any atom is -0.395 e. The van der Waals surface area contributed by atoms with Gasteiger partial charge in [0.25, 0.3) is 0 Å². The molecule has 2 rings (SSSR count). The number of nitriles is 1. The first-order valence-corrected chi connectivity index (χ1v) is 7.50. The monoisotopic (exact) mass is 295 g/mol. The van der Waals surface area contributed by atoms with Crippen LogP contribution in [0.5, 0.6) is 0 Å². The molecule has 1 aromatic heterocycles. The molecule has 0 spiro atoms. The van der Waals surface area contributed by atoms with E-state index in [2.05, 4.69) is 22.9 Å². The minimum atomic E-state index is 0.0766. The van der Waals surface area contributed by atoms with Gasteiger partial charge >= 0.3 is 0 Å². The molecule has 1 unspecified atom stereocenters. The summed E-state index contributed by atoms with van der Waals surface area (Å²) >= 11 is 0. The Morgan fingerprint density at radius 1 is 1.23 bits per heavy atom. The lowest BCUT2D eigenvalue weighted by Crippen LogP contribution is -2.36. The van der Waals surface area contributed by atoms with Crippen molar-refractivity contribution in [2.75, 3.05) is 6.61 Å². The van der Waals surface area contributed by atoms with Crippen molar-refractivity contribution >= 4 is 0 Å². The molecule has 22 heavy (non-hydrogen) atoms. The normalized spacial score (nSPS) is 12.1. The Labute approximate surface area is 131 Å². The fourth-order valence-corrected chi connectivity index (χ4v) is 2.49. The molecule has 0 amide bonds. The molecule has 1 N–H and O–H groups in total. The number of benzene rings is 1. The van der Waals surface area contributed by atoms with Crippen molar-refractivity contribution in [1.82, 2.24) is 9.88 Å². The summed E-state index contributed by atoms with van der Waals surface area (Å²) in [6.07, 6.45) is 2.64. The Balaban J connectivity index is 2.18. The average Bonchev–Trinajstić information content (AvgIpc) is 2.57. The maximum absolute atomic E-state index is 9.64. The highest BCUT2D eigenvalue weighted by molar-refractivity contribution is 5.32. The molecule has 4 heteroatoms. The number of hydrogen-bond acceptors (Lipinski definition) is 4. The van der Waals surface area contributed by atoms with E-state index in [9.17, 15) is 5.11 Å². The fourth-order valence-electron chi connectivity index (χ4n) is 2.49. The summed E-state index contributed by atoms with van der Waals surface area (Å²) in [7, 11) is 0. The second-order valence-corrected chi connectivity index (χ2v) is 5.28. The zero-order valence-electron chi connectivity index (χ0n) is 12.8. The van der Waals surface area contributed by atoms with Gasteiger partial charge in [-0.15, -0.1) is 0 Å². The van der Waals surface area contributed by atoms with Crippen LogP contribution in [0, 0.1) is 11.3 Å². The molecule has 0 radical (unpaired) electrons. The van der Waals surface area contributed by atoms with Gasteiger partial charge in [-0.3, -0.25) is 9.88 Å². The maximum atomic E-state index is 9.64. The van der Waals surface area contributed by atoms with Crippen molar-refractivity contribution in [3.05, 3.63) is 65.5 Å². The highest BCUT2D eigenvalue weighted by atomic mass is 16.3. The van der Waals surface area contributed by atoms with Crippen LogP contribution >= 0.6 is 0 Å². The quantitative estimate of drug-likeness (QED) is 0.853. The van der Waals surface area contributed by atoms with Gasteiger partial charge in [0.15, 0.2) is 0 Å². The molecule has 0 aliphatic carbocycles. The van der Waals surface area contributed by atoms with E-state index < -0.39 is 0 Å². The predicted octanol–water partition coefficient (Wildman–Crippen LogP) is 2.73. The van der Waals surface area contributed by atoms with Crippen LogP contribution in [-0.4, -0.2) is 27.6 Å². The van der Waals surface area contributed by atoms with Crippen LogP contribution in [-0.2, 0) is 13.1 Å². The van der Waals surface area contributed by atoms with E-state index in [1.165, 1.54) is 0 Å². The average molecular weight is 295 g/mol. The molecule has 0 aliphatic rings. The SMILES string of the molecule is CCC(CO)N(Cc1cccc(C#N)c1)Cc1ccccn1. The maximum Gasteiger partial charge on any atom is 0.0991 e. The first kappa shape index (κ1) is 16.2. The molecule has 4 nitrogen and oxygen atoms in total. The second-order valence-electron chi connectivity index (χ2n) is 5.28. The van der Waals surface area contributed by atoms with E-state index in [0.717, 1.165) is 17.7 Å². The largest absolute Gasteiger partial charge is 0.395 e. The first-order valence-electron chi connectivity index (χ1n) is 7.50. The predicted molar refractivity (Wildman–Crippen MR) is 85.8 cm³/mol. The zero-order valence-corrected chi connectivity index (χ0v) is 12.8. The summed E-state index contributed by atoms with van der Waals surface area (Å²) in [5.41, 5.74) is 2.71. The van der Waals surface area contributed by atoms with Crippen molar-refractivity contribution in [2.24, 2.45) is 0 Å². The van der Waals surface area contributed by atoms with E-state index in [0.29, 0.717) is 18.7 Å². The highest BCUT2D eigenvalue weighted by Crippen LogP contribution is 2.15. The molecule has 114 valence electrons. The van der Waals surface area contributed by atoms with Crippen molar-refractivity contribution in [2.45, 2.75) is 32.5 Å². The standard InChI is InChI=1S/C18H21N3O/c1-2-18(14-22)21(13-17-8-3-4-9-20-17)12-16-7-5-6-15(10-16)11-19/h3-10,18,22H,2,12-14H2,1H3. The fraction of sp³-hybridized carbons (Fsp3) is 0.333. The van der Waals surface area contributed by atoms with E-state index in [-0.39, 0.29) is 12.6 Å². The van der Waals surface area contributed by atoms with Crippen LogP contribution in [0.3, 0.4) is 0 Å². The Bertz CT molecular complexity index is 618. The Morgan fingerprint density at radius 3 is 2.73 bits per heavy atom. The number of rotatable bonds is 7. The Morgan fingerprint density at radius 2 is 2.09 bits per heavy atom. The van der Waals surface area contributed by atoms with E-state index >= 15 is 0 Å². The Kier molecular flexibility index (Phi) is 6.08. The van der Waals surface area contributed by atoms with Gasteiger partial charge in [-0.2, -0.15) is 5.26 Å². The number of aromatic nitrogens is 1. The number of aliphatic hydroxyl groups excluding tert-OH is 1. The number of nitrogens with zero attached hydrogens (tertiary/aromatic N) is 3. The highest BCUT2D eigenvalue weighted by Gasteiger charge is 2.17. The topological polar surface area (TPSA) is 60.1 Å². The summed E-state index contributed by atoms with van der Waals surface area (Å²) in [5, 5.41) is 18.7. The molecule has 1 aromatic carbocycles. The van der Waals surface area contributed by atoms with Gasteiger partial charge in [0, 0.05) is 25.3 Å². The van der Waals surface area contributed by atoms with Gasteiger partial charge < -0.3 is 5.11 Å². The molecule has 1 heterocycles. The Hall–Kier alpha value is -2.22. The van der Waals surface area contributed by atoms with Crippen molar-refractivity contribution in [3.8, 4) is 6.07 Å². The third-order valence-corrected chi connectivity index (χ3v) is 3.73. The van der Waals surface area contributed by atoms with Crippen LogP contribution in [0.1, 0.15) is 30.2 Å². The van der Waals surface area contributed by atoms with E-state index in [1.54, 1.807) is 12.3 Å². The van der Waals surface area contributed by atoms with Crippen LogP contribution in [0.25, 0.3) is 0 Å². The van der Waals surface area contributed by atoms with E-state index in [4.69, 9.17) is 5.26 Å². The van der Waals surface area contributed by atoms with E-state index in [1.807, 2.05) is 36.4 Å². The molecular weight excluding hydrogens is 274 g/mol. The molecule has 2 aromatic rings. The van der Waals surface area contributed by atoms with Crippen LogP contribution < -0.4 is 0 Å². The van der Waals surface area contributed by atoms with Crippen LogP contribution in [0.15, 0.2) is 48.7 Å². The van der Waals surface area contributed by atoms with Gasteiger partial charge in [0.2, 0.25) is 0 Å². The molecule has 0 bridgehead atoms. The second kappa shape index (κ2) is 8.28. The lowest BCUT2D eigenvalue weighted by Gasteiger charge is -2.29. The van der Waals surface area contributed by atoms with Crippen molar-refractivity contribution < 1.29 is 5.11 Å². The molecule has 0 saturated carbocycles. The summed E-state index contributed by atoms with van der Waals surface area (Å²) in [5.74, 6) is 0. The first-order chi connectivity index (χ1) is 10.8. The molecule has 0 fully saturated rings. The molecule has 0 saturated heterocycles. The number of hydrogen-bond donors (Lipinski definition) is 1. The van der Waals surface area contributed by atoms with Crippen molar-refractivity contribution in [1.29, 1.82) is 5.26 Å². The smallest absolute Gasteiger partial charge is 0.0991 e. The molecule has 0 aliphatic heterocycles. The van der Waals surface area contributed by atoms with Gasteiger partial charge in [-0.25, -0.2) is 0 Å². The lowest BCUT2D eigenvalue weighted by atomic mass is 10.1.